The van der Waals surface area contributed by atoms with Gasteiger partial charge in [-0.1, -0.05) is 73.9 Å². The zero-order valence-corrected chi connectivity index (χ0v) is 30.6. The number of piperidine rings is 1. The Balaban J connectivity index is 1.43. The Hall–Kier alpha value is -4.84. The monoisotopic (exact) mass is 712 g/mol. The standard InChI is InChI=1S/C40H52N6O6/c1-25(47)52-35(24-46-23-29-16-9-8-15-28(29)21-34(46)39(51)45-40(2,3)4)32(20-26-12-6-5-7-13-26)43-38(50)33(22-36(41)48)44-37(49)31-19-18-27-14-10-11-17-30(27)42-31/h5-7,10-14,17-19,28-29,32-35H,8-9,15-16,20-24H2,1-4H3,(H2,41,48)(H,43,50)(H,44,49)(H,45,51)/t28-,29+,32-,33-,34-,35+/m0/s1. The minimum absolute atomic E-state index is 0.0743. The van der Waals surface area contributed by atoms with Gasteiger partial charge in [0, 0.05) is 30.9 Å². The highest BCUT2D eigenvalue weighted by atomic mass is 16.5. The molecule has 12 heteroatoms. The molecule has 0 radical (unpaired) electrons. The molecule has 52 heavy (non-hydrogen) atoms. The normalized spacial score (nSPS) is 20.8. The van der Waals surface area contributed by atoms with Gasteiger partial charge in [-0.05, 0) is 69.6 Å². The van der Waals surface area contributed by atoms with Crippen molar-refractivity contribution < 1.29 is 28.7 Å². The van der Waals surface area contributed by atoms with E-state index in [1.165, 1.54) is 6.92 Å². The molecule has 1 saturated carbocycles. The number of esters is 1. The summed E-state index contributed by atoms with van der Waals surface area (Å²) in [7, 11) is 0. The molecule has 3 aromatic rings. The molecular weight excluding hydrogens is 660 g/mol. The number of nitrogens with one attached hydrogen (secondary N) is 3. The maximum atomic E-state index is 14.1. The molecule has 1 aromatic heterocycles. The van der Waals surface area contributed by atoms with Crippen molar-refractivity contribution in [2.75, 3.05) is 13.1 Å². The second kappa shape index (κ2) is 17.1. The van der Waals surface area contributed by atoms with Crippen molar-refractivity contribution in [1.82, 2.24) is 25.8 Å². The molecule has 278 valence electrons. The predicted octanol–water partition coefficient (Wildman–Crippen LogP) is 3.66. The molecule has 1 aliphatic carbocycles. The third kappa shape index (κ3) is 10.6. The molecule has 2 aliphatic rings. The van der Waals surface area contributed by atoms with Crippen LogP contribution >= 0.6 is 0 Å². The van der Waals surface area contributed by atoms with E-state index in [0.717, 1.165) is 36.6 Å². The number of benzene rings is 2. The lowest BCUT2D eigenvalue weighted by molar-refractivity contribution is -0.152. The van der Waals surface area contributed by atoms with Crippen molar-refractivity contribution in [3.8, 4) is 0 Å². The fourth-order valence-electron chi connectivity index (χ4n) is 7.58. The number of primary amides is 1. The molecule has 1 aliphatic heterocycles. The summed E-state index contributed by atoms with van der Waals surface area (Å²) in [5.74, 6) is -1.87. The first-order valence-electron chi connectivity index (χ1n) is 18.3. The first-order valence-corrected chi connectivity index (χ1v) is 18.3. The maximum absolute atomic E-state index is 14.1. The predicted molar refractivity (Wildman–Crippen MR) is 198 cm³/mol. The van der Waals surface area contributed by atoms with Crippen molar-refractivity contribution >= 4 is 40.5 Å². The van der Waals surface area contributed by atoms with Gasteiger partial charge in [-0.3, -0.25) is 28.9 Å². The van der Waals surface area contributed by atoms with E-state index in [0.29, 0.717) is 30.3 Å². The van der Waals surface area contributed by atoms with Crippen LogP contribution in [0.5, 0.6) is 0 Å². The van der Waals surface area contributed by atoms with Gasteiger partial charge in [0.2, 0.25) is 17.7 Å². The summed E-state index contributed by atoms with van der Waals surface area (Å²) in [6, 6.07) is 17.5. The van der Waals surface area contributed by atoms with Crippen LogP contribution in [0.2, 0.25) is 0 Å². The Morgan fingerprint density at radius 3 is 2.31 bits per heavy atom. The number of para-hydroxylation sites is 1. The summed E-state index contributed by atoms with van der Waals surface area (Å²) < 4.78 is 5.99. The molecule has 2 heterocycles. The lowest BCUT2D eigenvalue weighted by Gasteiger charge is -2.47. The molecular formula is C40H52N6O6. The van der Waals surface area contributed by atoms with Gasteiger partial charge in [0.1, 0.15) is 17.8 Å². The van der Waals surface area contributed by atoms with Gasteiger partial charge in [-0.25, -0.2) is 4.98 Å². The fourth-order valence-corrected chi connectivity index (χ4v) is 7.58. The number of pyridine rings is 1. The van der Waals surface area contributed by atoms with Crippen molar-refractivity contribution in [3.63, 3.8) is 0 Å². The molecule has 4 amide bonds. The highest BCUT2D eigenvalue weighted by Crippen LogP contribution is 2.39. The molecule has 6 atom stereocenters. The highest BCUT2D eigenvalue weighted by molar-refractivity contribution is 5.99. The third-order valence-corrected chi connectivity index (χ3v) is 9.97. The lowest BCUT2D eigenvalue weighted by Crippen LogP contribution is -2.61. The number of aromatic nitrogens is 1. The molecule has 0 unspecified atom stereocenters. The topological polar surface area (TPSA) is 173 Å². The van der Waals surface area contributed by atoms with Crippen LogP contribution in [0.25, 0.3) is 10.9 Å². The number of hydrogen-bond acceptors (Lipinski definition) is 8. The molecule has 0 bridgehead atoms. The van der Waals surface area contributed by atoms with Crippen LogP contribution in [-0.2, 0) is 30.3 Å². The summed E-state index contributed by atoms with van der Waals surface area (Å²) in [4.78, 5) is 72.7. The number of fused-ring (bicyclic) bond motifs is 2. The van der Waals surface area contributed by atoms with E-state index >= 15 is 0 Å². The second-order valence-corrected chi connectivity index (χ2v) is 15.3. The number of likely N-dealkylation sites (tertiary alicyclic amines) is 1. The van der Waals surface area contributed by atoms with Gasteiger partial charge in [0.25, 0.3) is 5.91 Å². The highest BCUT2D eigenvalue weighted by Gasteiger charge is 2.43. The Morgan fingerprint density at radius 1 is 0.923 bits per heavy atom. The fraction of sp³-hybridized carbons (Fsp3) is 0.500. The van der Waals surface area contributed by atoms with E-state index in [1.807, 2.05) is 69.3 Å². The van der Waals surface area contributed by atoms with Crippen LogP contribution in [0.1, 0.15) is 82.3 Å². The number of amides is 4. The van der Waals surface area contributed by atoms with E-state index in [4.69, 9.17) is 10.5 Å². The first kappa shape index (κ1) is 38.4. The third-order valence-electron chi connectivity index (χ3n) is 9.97. The van der Waals surface area contributed by atoms with Gasteiger partial charge in [0.15, 0.2) is 0 Å². The first-order chi connectivity index (χ1) is 24.8. The van der Waals surface area contributed by atoms with Gasteiger partial charge >= 0.3 is 5.97 Å². The molecule has 2 aromatic carbocycles. The summed E-state index contributed by atoms with van der Waals surface area (Å²) in [6.45, 7) is 8.02. The van der Waals surface area contributed by atoms with Crippen LogP contribution in [0.4, 0.5) is 0 Å². The Labute approximate surface area is 305 Å². The summed E-state index contributed by atoms with van der Waals surface area (Å²) in [5.41, 5.74) is 6.67. The zero-order valence-electron chi connectivity index (χ0n) is 30.6. The average Bonchev–Trinajstić information content (AvgIpc) is 3.09. The van der Waals surface area contributed by atoms with Crippen LogP contribution in [0.15, 0.2) is 66.7 Å². The van der Waals surface area contributed by atoms with E-state index in [2.05, 4.69) is 25.8 Å². The largest absolute Gasteiger partial charge is 0.459 e. The SMILES string of the molecule is CC(=O)O[C@H](CN1C[C@H]2CCCC[C@H]2C[C@H]1C(=O)NC(C)(C)C)[C@H](Cc1ccccc1)NC(=O)[C@H](CC(N)=O)NC(=O)c1ccc2ccccc2n1. The second-order valence-electron chi connectivity index (χ2n) is 15.3. The maximum Gasteiger partial charge on any atom is 0.303 e. The number of carbonyl (C=O) groups excluding carboxylic acids is 5. The Kier molecular flexibility index (Phi) is 12.6. The van der Waals surface area contributed by atoms with E-state index in [9.17, 15) is 24.0 Å². The van der Waals surface area contributed by atoms with E-state index in [1.54, 1.807) is 18.2 Å². The number of nitrogens with zero attached hydrogens (tertiary/aromatic N) is 2. The Bertz CT molecular complexity index is 1740. The number of ether oxygens (including phenoxy) is 1. The van der Waals surface area contributed by atoms with E-state index < -0.39 is 59.9 Å². The summed E-state index contributed by atoms with van der Waals surface area (Å²) >= 11 is 0. The van der Waals surface area contributed by atoms with Crippen LogP contribution < -0.4 is 21.7 Å². The van der Waals surface area contributed by atoms with Gasteiger partial charge in [-0.15, -0.1) is 0 Å². The van der Waals surface area contributed by atoms with Crippen molar-refractivity contribution in [2.45, 2.75) is 102 Å². The minimum atomic E-state index is -1.34. The smallest absolute Gasteiger partial charge is 0.303 e. The number of carbonyl (C=O) groups is 5. The summed E-state index contributed by atoms with van der Waals surface area (Å²) in [5, 5.41) is 9.65. The minimum Gasteiger partial charge on any atom is -0.459 e. The zero-order chi connectivity index (χ0) is 37.4. The number of hydrogen-bond donors (Lipinski definition) is 4. The molecule has 12 nitrogen and oxygen atoms in total. The summed E-state index contributed by atoms with van der Waals surface area (Å²) in [6.07, 6.45) is 4.06. The molecule has 2 fully saturated rings. The quantitative estimate of drug-likeness (QED) is 0.195. The molecule has 5 N–H and O–H groups in total. The van der Waals surface area contributed by atoms with Crippen LogP contribution in [0, 0.1) is 11.8 Å². The van der Waals surface area contributed by atoms with Crippen molar-refractivity contribution in [1.29, 1.82) is 0 Å². The number of nitrogens with two attached hydrogens (primary N) is 1. The van der Waals surface area contributed by atoms with Crippen LogP contribution in [0.3, 0.4) is 0 Å². The molecule has 5 rings (SSSR count). The molecule has 0 spiro atoms. The van der Waals surface area contributed by atoms with Crippen LogP contribution in [-0.4, -0.2) is 82.3 Å². The van der Waals surface area contributed by atoms with Gasteiger partial charge < -0.3 is 26.4 Å². The number of rotatable bonds is 13. The lowest BCUT2D eigenvalue weighted by atomic mass is 9.72. The average molecular weight is 713 g/mol. The van der Waals surface area contributed by atoms with Crippen molar-refractivity contribution in [2.24, 2.45) is 17.6 Å². The Morgan fingerprint density at radius 2 is 1.62 bits per heavy atom. The van der Waals surface area contributed by atoms with Crippen molar-refractivity contribution in [3.05, 3.63) is 78.0 Å². The van der Waals surface area contributed by atoms with Gasteiger partial charge in [0.05, 0.1) is 24.0 Å². The van der Waals surface area contributed by atoms with Gasteiger partial charge in [-0.2, -0.15) is 0 Å². The molecule has 1 saturated heterocycles. The van der Waals surface area contributed by atoms with E-state index in [-0.39, 0.29) is 24.6 Å².